The Hall–Kier alpha value is -3.92. The number of hydrogen-bond donors (Lipinski definition) is 1. The molecule has 4 aromatic rings. The average Bonchev–Trinajstić information content (AvgIpc) is 3.28. The first-order valence-electron chi connectivity index (χ1n) is 10.8. The molecule has 5 rings (SSSR count). The number of carbonyl (C=O) groups excluding carboxylic acids is 1. The van der Waals surface area contributed by atoms with Crippen LogP contribution >= 0.6 is 11.8 Å². The van der Waals surface area contributed by atoms with Crippen molar-refractivity contribution in [2.45, 2.75) is 17.3 Å². The maximum Gasteiger partial charge on any atom is 0.237 e. The van der Waals surface area contributed by atoms with Crippen molar-refractivity contribution in [2.24, 2.45) is 0 Å². The predicted octanol–water partition coefficient (Wildman–Crippen LogP) is 5.10. The van der Waals surface area contributed by atoms with Crippen LogP contribution < -0.4 is 14.8 Å². The molecule has 0 spiro atoms. The molecular formula is C25H20F2N4O3S. The van der Waals surface area contributed by atoms with E-state index < -0.39 is 5.25 Å². The molecule has 1 atom stereocenters. The Balaban J connectivity index is 1.40. The van der Waals surface area contributed by atoms with E-state index in [-0.39, 0.29) is 17.5 Å². The van der Waals surface area contributed by atoms with Gasteiger partial charge < -0.3 is 14.8 Å². The zero-order chi connectivity index (χ0) is 24.4. The molecule has 1 unspecified atom stereocenters. The summed E-state index contributed by atoms with van der Waals surface area (Å²) in [4.78, 5) is 12.9. The van der Waals surface area contributed by atoms with Gasteiger partial charge in [0.25, 0.3) is 0 Å². The number of hydrogen-bond acceptors (Lipinski definition) is 6. The van der Waals surface area contributed by atoms with E-state index in [1.54, 1.807) is 54.0 Å². The summed E-state index contributed by atoms with van der Waals surface area (Å²) in [5, 5.41) is 11.3. The lowest BCUT2D eigenvalue weighted by molar-refractivity contribution is -0.115. The van der Waals surface area contributed by atoms with Gasteiger partial charge in [-0.25, -0.2) is 8.78 Å². The number of anilines is 1. The molecule has 1 aromatic heterocycles. The van der Waals surface area contributed by atoms with Crippen LogP contribution in [-0.2, 0) is 4.79 Å². The quantitative estimate of drug-likeness (QED) is 0.376. The van der Waals surface area contributed by atoms with Gasteiger partial charge in [-0.1, -0.05) is 11.8 Å². The third-order valence-corrected chi connectivity index (χ3v) is 6.32. The second kappa shape index (κ2) is 9.75. The fourth-order valence-corrected chi connectivity index (χ4v) is 4.40. The summed E-state index contributed by atoms with van der Waals surface area (Å²) in [6.45, 7) is 2.69. The number of nitrogens with zero attached hydrogens (tertiary/aromatic N) is 3. The second-order valence-electron chi connectivity index (χ2n) is 7.73. The highest BCUT2D eigenvalue weighted by atomic mass is 32.2. The Kier molecular flexibility index (Phi) is 6.37. The van der Waals surface area contributed by atoms with Crippen LogP contribution in [0.2, 0.25) is 0 Å². The van der Waals surface area contributed by atoms with E-state index in [1.807, 2.05) is 0 Å². The third-order valence-electron chi connectivity index (χ3n) is 5.28. The Morgan fingerprint density at radius 2 is 1.60 bits per heavy atom. The topological polar surface area (TPSA) is 78.3 Å². The van der Waals surface area contributed by atoms with Crippen molar-refractivity contribution in [2.75, 3.05) is 18.5 Å². The summed E-state index contributed by atoms with van der Waals surface area (Å²) in [6.07, 6.45) is 0. The Bertz CT molecular complexity index is 1360. The lowest BCUT2D eigenvalue weighted by Crippen LogP contribution is -2.23. The maximum atomic E-state index is 13.6. The Morgan fingerprint density at radius 1 is 0.943 bits per heavy atom. The van der Waals surface area contributed by atoms with Crippen LogP contribution in [-0.4, -0.2) is 39.1 Å². The number of benzene rings is 3. The van der Waals surface area contributed by atoms with E-state index in [4.69, 9.17) is 9.47 Å². The smallest absolute Gasteiger partial charge is 0.237 e. The van der Waals surface area contributed by atoms with Crippen LogP contribution in [0, 0.1) is 11.6 Å². The highest BCUT2D eigenvalue weighted by Crippen LogP contribution is 2.34. The average molecular weight is 495 g/mol. The van der Waals surface area contributed by atoms with Gasteiger partial charge in [0.05, 0.1) is 5.25 Å². The fraction of sp³-hybridized carbons (Fsp3) is 0.160. The number of aromatic nitrogens is 3. The zero-order valence-corrected chi connectivity index (χ0v) is 19.4. The van der Waals surface area contributed by atoms with Crippen molar-refractivity contribution < 1.29 is 23.0 Å². The van der Waals surface area contributed by atoms with Crippen molar-refractivity contribution >= 4 is 23.4 Å². The molecule has 2 heterocycles. The molecule has 1 N–H and O–H groups in total. The van der Waals surface area contributed by atoms with Gasteiger partial charge in [0.2, 0.25) is 5.91 Å². The van der Waals surface area contributed by atoms with Crippen LogP contribution in [0.15, 0.2) is 71.9 Å². The van der Waals surface area contributed by atoms with E-state index >= 15 is 0 Å². The molecule has 7 nitrogen and oxygen atoms in total. The number of nitrogens with one attached hydrogen (secondary N) is 1. The summed E-state index contributed by atoms with van der Waals surface area (Å²) in [6, 6.07) is 16.9. The Morgan fingerprint density at radius 3 is 2.31 bits per heavy atom. The summed E-state index contributed by atoms with van der Waals surface area (Å²) in [5.74, 6) is 0.654. The predicted molar refractivity (Wildman–Crippen MR) is 128 cm³/mol. The van der Waals surface area contributed by atoms with E-state index in [1.165, 1.54) is 36.0 Å². The maximum absolute atomic E-state index is 13.6. The molecule has 1 aliphatic rings. The molecule has 0 aliphatic carbocycles. The van der Waals surface area contributed by atoms with Gasteiger partial charge in [0, 0.05) is 23.0 Å². The van der Waals surface area contributed by atoms with Gasteiger partial charge in [-0.15, -0.1) is 10.2 Å². The van der Waals surface area contributed by atoms with E-state index in [9.17, 15) is 13.6 Å². The van der Waals surface area contributed by atoms with E-state index in [2.05, 4.69) is 15.5 Å². The molecule has 0 bridgehead atoms. The van der Waals surface area contributed by atoms with Crippen LogP contribution in [0.4, 0.5) is 14.5 Å². The molecular weight excluding hydrogens is 474 g/mol. The number of rotatable bonds is 6. The highest BCUT2D eigenvalue weighted by Gasteiger charge is 2.23. The van der Waals surface area contributed by atoms with Crippen molar-refractivity contribution in [3.63, 3.8) is 0 Å². The lowest BCUT2D eigenvalue weighted by Gasteiger charge is -2.19. The van der Waals surface area contributed by atoms with Crippen LogP contribution in [0.25, 0.3) is 17.1 Å². The summed E-state index contributed by atoms with van der Waals surface area (Å²) < 4.78 is 39.8. The number of carbonyl (C=O) groups is 1. The van der Waals surface area contributed by atoms with Crippen molar-refractivity contribution in [1.29, 1.82) is 0 Å². The van der Waals surface area contributed by atoms with Gasteiger partial charge in [0.15, 0.2) is 22.5 Å². The SMILES string of the molecule is CC(Sc1nnc(-c2ccc(F)cc2)n1-c1ccc(F)cc1)C(=O)Nc1ccc2c(c1)OCCO2. The minimum absolute atomic E-state index is 0.247. The summed E-state index contributed by atoms with van der Waals surface area (Å²) in [5.41, 5.74) is 1.82. The van der Waals surface area contributed by atoms with Gasteiger partial charge in [-0.3, -0.25) is 9.36 Å². The number of amides is 1. The third kappa shape index (κ3) is 4.97. The summed E-state index contributed by atoms with van der Waals surface area (Å²) in [7, 11) is 0. The minimum Gasteiger partial charge on any atom is -0.486 e. The number of halogens is 2. The molecule has 178 valence electrons. The van der Waals surface area contributed by atoms with Crippen molar-refractivity contribution in [3.8, 4) is 28.6 Å². The zero-order valence-electron chi connectivity index (χ0n) is 18.6. The fourth-order valence-electron chi connectivity index (χ4n) is 3.53. The largest absolute Gasteiger partial charge is 0.486 e. The highest BCUT2D eigenvalue weighted by molar-refractivity contribution is 8.00. The van der Waals surface area contributed by atoms with Gasteiger partial charge in [-0.2, -0.15) is 0 Å². The normalized spacial score (nSPS) is 13.3. The molecule has 0 fully saturated rings. The molecule has 1 aliphatic heterocycles. The van der Waals surface area contributed by atoms with E-state index in [0.29, 0.717) is 52.6 Å². The number of thioether (sulfide) groups is 1. The van der Waals surface area contributed by atoms with Crippen LogP contribution in [0.3, 0.4) is 0 Å². The molecule has 0 saturated carbocycles. The second-order valence-corrected chi connectivity index (χ2v) is 9.04. The minimum atomic E-state index is -0.548. The first-order valence-corrected chi connectivity index (χ1v) is 11.7. The standard InChI is InChI=1S/C25H20F2N4O3S/c1-15(24(32)28-19-8-11-21-22(14-19)34-13-12-33-21)35-25-30-29-23(16-2-4-17(26)5-3-16)31(25)20-9-6-18(27)7-10-20/h2-11,14-15H,12-13H2,1H3,(H,28,32). The van der Waals surface area contributed by atoms with Crippen LogP contribution in [0.1, 0.15) is 6.92 Å². The molecule has 0 radical (unpaired) electrons. The number of ether oxygens (including phenoxy) is 2. The monoisotopic (exact) mass is 494 g/mol. The van der Waals surface area contributed by atoms with Gasteiger partial charge in [0.1, 0.15) is 24.8 Å². The van der Waals surface area contributed by atoms with Crippen molar-refractivity contribution in [1.82, 2.24) is 14.8 Å². The van der Waals surface area contributed by atoms with Gasteiger partial charge >= 0.3 is 0 Å². The summed E-state index contributed by atoms with van der Waals surface area (Å²) >= 11 is 1.20. The molecule has 3 aromatic carbocycles. The Labute approximate surface area is 204 Å². The lowest BCUT2D eigenvalue weighted by atomic mass is 10.2. The molecule has 35 heavy (non-hydrogen) atoms. The van der Waals surface area contributed by atoms with Gasteiger partial charge in [-0.05, 0) is 67.6 Å². The number of fused-ring (bicyclic) bond motifs is 1. The van der Waals surface area contributed by atoms with E-state index in [0.717, 1.165) is 0 Å². The first kappa shape index (κ1) is 22.9. The molecule has 1 amide bonds. The first-order chi connectivity index (χ1) is 17.0. The molecule has 0 saturated heterocycles. The van der Waals surface area contributed by atoms with Crippen LogP contribution in [0.5, 0.6) is 11.5 Å². The van der Waals surface area contributed by atoms with Crippen molar-refractivity contribution in [3.05, 3.63) is 78.4 Å². The molecule has 10 heteroatoms.